The molecule has 0 aromatic rings. The van der Waals surface area contributed by atoms with Gasteiger partial charge in [-0.1, -0.05) is 33.6 Å². The van der Waals surface area contributed by atoms with E-state index in [-0.39, 0.29) is 0 Å². The molecule has 142 valence electrons. The Balaban J connectivity index is 1.54. The van der Waals surface area contributed by atoms with Crippen LogP contribution in [0.4, 0.5) is 0 Å². The van der Waals surface area contributed by atoms with Gasteiger partial charge in [-0.15, -0.1) is 0 Å². The summed E-state index contributed by atoms with van der Waals surface area (Å²) >= 11 is 0. The first kappa shape index (κ1) is 18.1. The van der Waals surface area contributed by atoms with Crippen LogP contribution in [0.5, 0.6) is 0 Å². The van der Waals surface area contributed by atoms with Gasteiger partial charge in [0.2, 0.25) is 0 Å². The molecule has 4 rings (SSSR count). The standard InChI is InChI=1S/C24H40O/c1-17(7-6-16-25)20-11-12-21-19-10-9-18-8-4-5-14-23(18,2)22(19)13-15-24(20,21)3/h16-22H,4-15H2,1-3H3/t17-,18+,19+,20-,21+,22+,23+,24-/m1/s1. The molecule has 0 aromatic carbocycles. The Morgan fingerprint density at radius 1 is 0.920 bits per heavy atom. The van der Waals surface area contributed by atoms with E-state index in [1.54, 1.807) is 0 Å². The van der Waals surface area contributed by atoms with Crippen molar-refractivity contribution in [1.82, 2.24) is 0 Å². The lowest BCUT2D eigenvalue weighted by molar-refractivity contribution is -0.115. The Kier molecular flexibility index (Phi) is 4.82. The van der Waals surface area contributed by atoms with Crippen LogP contribution in [0.25, 0.3) is 0 Å². The average Bonchev–Trinajstić information content (AvgIpc) is 2.96. The summed E-state index contributed by atoms with van der Waals surface area (Å²) in [5.41, 5.74) is 1.24. The quantitative estimate of drug-likeness (QED) is 0.522. The van der Waals surface area contributed by atoms with Gasteiger partial charge in [0.1, 0.15) is 6.29 Å². The van der Waals surface area contributed by atoms with E-state index in [0.717, 1.165) is 54.6 Å². The Labute approximate surface area is 155 Å². The van der Waals surface area contributed by atoms with E-state index in [9.17, 15) is 4.79 Å². The summed E-state index contributed by atoms with van der Waals surface area (Å²) in [7, 11) is 0. The van der Waals surface area contributed by atoms with Crippen LogP contribution in [0.1, 0.15) is 97.8 Å². The average molecular weight is 345 g/mol. The van der Waals surface area contributed by atoms with E-state index in [1.165, 1.54) is 64.2 Å². The highest BCUT2D eigenvalue weighted by atomic mass is 16.1. The van der Waals surface area contributed by atoms with E-state index in [0.29, 0.717) is 10.8 Å². The van der Waals surface area contributed by atoms with Gasteiger partial charge in [-0.3, -0.25) is 0 Å². The van der Waals surface area contributed by atoms with Gasteiger partial charge in [-0.05, 0) is 104 Å². The van der Waals surface area contributed by atoms with Crippen molar-refractivity contribution in [2.75, 3.05) is 0 Å². The molecule has 0 unspecified atom stereocenters. The van der Waals surface area contributed by atoms with Crippen LogP contribution >= 0.6 is 0 Å². The van der Waals surface area contributed by atoms with Crippen molar-refractivity contribution in [3.63, 3.8) is 0 Å². The Morgan fingerprint density at radius 3 is 2.52 bits per heavy atom. The predicted octanol–water partition coefficient (Wildman–Crippen LogP) is 6.65. The maximum atomic E-state index is 10.8. The van der Waals surface area contributed by atoms with Gasteiger partial charge in [0.15, 0.2) is 0 Å². The highest BCUT2D eigenvalue weighted by Gasteiger charge is 2.59. The van der Waals surface area contributed by atoms with Crippen LogP contribution in [-0.4, -0.2) is 6.29 Å². The van der Waals surface area contributed by atoms with Gasteiger partial charge in [0.25, 0.3) is 0 Å². The topological polar surface area (TPSA) is 17.1 Å². The van der Waals surface area contributed by atoms with E-state index in [1.807, 2.05) is 0 Å². The third-order valence-corrected chi connectivity index (χ3v) is 10.1. The largest absolute Gasteiger partial charge is 0.303 e. The molecule has 8 atom stereocenters. The minimum Gasteiger partial charge on any atom is -0.303 e. The molecule has 0 bridgehead atoms. The summed E-state index contributed by atoms with van der Waals surface area (Å²) in [6.07, 6.45) is 18.0. The number of rotatable bonds is 4. The first-order valence-corrected chi connectivity index (χ1v) is 11.4. The van der Waals surface area contributed by atoms with Gasteiger partial charge < -0.3 is 4.79 Å². The fourth-order valence-corrected chi connectivity index (χ4v) is 8.80. The molecule has 0 amide bonds. The third kappa shape index (κ3) is 2.74. The Morgan fingerprint density at radius 2 is 1.72 bits per heavy atom. The first-order valence-electron chi connectivity index (χ1n) is 11.4. The summed E-state index contributed by atoms with van der Waals surface area (Å²) in [5.74, 6) is 5.66. The van der Waals surface area contributed by atoms with E-state index < -0.39 is 0 Å². The molecule has 4 fully saturated rings. The zero-order chi connectivity index (χ0) is 17.7. The Hall–Kier alpha value is -0.330. The molecule has 0 N–H and O–H groups in total. The van der Waals surface area contributed by atoms with Crippen LogP contribution in [0.3, 0.4) is 0 Å². The lowest BCUT2D eigenvalue weighted by atomic mass is 9.44. The van der Waals surface area contributed by atoms with Gasteiger partial charge in [-0.25, -0.2) is 0 Å². The molecule has 4 aliphatic carbocycles. The van der Waals surface area contributed by atoms with Crippen LogP contribution in [0, 0.1) is 46.3 Å². The lowest BCUT2D eigenvalue weighted by Gasteiger charge is -2.61. The maximum absolute atomic E-state index is 10.8. The molecule has 25 heavy (non-hydrogen) atoms. The number of carbonyl (C=O) groups excluding carboxylic acids is 1. The molecule has 4 aliphatic rings. The van der Waals surface area contributed by atoms with E-state index in [4.69, 9.17) is 0 Å². The SMILES string of the molecule is C[C@H](CCC=O)[C@H]1CC[C@H]2[C@@H]3CC[C@@H]4CCCC[C@]4(C)[C@H]3CC[C@]12C. The predicted molar refractivity (Wildman–Crippen MR) is 104 cm³/mol. The zero-order valence-corrected chi connectivity index (χ0v) is 16.9. The molecular weight excluding hydrogens is 304 g/mol. The summed E-state index contributed by atoms with van der Waals surface area (Å²) in [6, 6.07) is 0. The monoisotopic (exact) mass is 344 g/mol. The fourth-order valence-electron chi connectivity index (χ4n) is 8.80. The molecule has 1 heteroatoms. The van der Waals surface area contributed by atoms with Crippen molar-refractivity contribution in [1.29, 1.82) is 0 Å². The lowest BCUT2D eigenvalue weighted by Crippen LogP contribution is -2.53. The minimum atomic E-state index is 0.571. The molecule has 0 aromatic heterocycles. The maximum Gasteiger partial charge on any atom is 0.120 e. The number of hydrogen-bond donors (Lipinski definition) is 0. The second kappa shape index (κ2) is 6.68. The van der Waals surface area contributed by atoms with Crippen LogP contribution in [0.2, 0.25) is 0 Å². The molecule has 0 spiro atoms. The van der Waals surface area contributed by atoms with Crippen LogP contribution < -0.4 is 0 Å². The zero-order valence-electron chi connectivity index (χ0n) is 16.9. The second-order valence-corrected chi connectivity index (χ2v) is 10.9. The summed E-state index contributed by atoms with van der Waals surface area (Å²) < 4.78 is 0. The van der Waals surface area contributed by atoms with Crippen LogP contribution in [-0.2, 0) is 4.79 Å². The third-order valence-electron chi connectivity index (χ3n) is 10.1. The van der Waals surface area contributed by atoms with Crippen molar-refractivity contribution in [3.05, 3.63) is 0 Å². The number of aldehydes is 1. The molecular formula is C24H40O. The summed E-state index contributed by atoms with van der Waals surface area (Å²) in [4.78, 5) is 10.8. The highest BCUT2D eigenvalue weighted by Crippen LogP contribution is 2.68. The smallest absolute Gasteiger partial charge is 0.120 e. The van der Waals surface area contributed by atoms with Gasteiger partial charge in [0, 0.05) is 6.42 Å². The molecule has 0 saturated heterocycles. The first-order chi connectivity index (χ1) is 12.0. The van der Waals surface area contributed by atoms with E-state index >= 15 is 0 Å². The Bertz CT molecular complexity index is 498. The van der Waals surface area contributed by atoms with Crippen molar-refractivity contribution in [2.24, 2.45) is 46.3 Å². The van der Waals surface area contributed by atoms with Crippen LogP contribution in [0.15, 0.2) is 0 Å². The number of carbonyl (C=O) groups is 1. The summed E-state index contributed by atoms with van der Waals surface area (Å²) in [5, 5.41) is 0. The normalized spacial score (nSPS) is 50.4. The van der Waals surface area contributed by atoms with Crippen molar-refractivity contribution >= 4 is 6.29 Å². The summed E-state index contributed by atoms with van der Waals surface area (Å²) in [6.45, 7) is 7.78. The molecule has 4 saturated carbocycles. The molecule has 0 aliphatic heterocycles. The number of fused-ring (bicyclic) bond motifs is 5. The minimum absolute atomic E-state index is 0.571. The van der Waals surface area contributed by atoms with Gasteiger partial charge >= 0.3 is 0 Å². The molecule has 1 nitrogen and oxygen atoms in total. The highest BCUT2D eigenvalue weighted by molar-refractivity contribution is 5.49. The van der Waals surface area contributed by atoms with Crippen molar-refractivity contribution in [2.45, 2.75) is 97.8 Å². The van der Waals surface area contributed by atoms with E-state index in [2.05, 4.69) is 20.8 Å². The fraction of sp³-hybridized carbons (Fsp3) is 0.958. The van der Waals surface area contributed by atoms with Crippen molar-refractivity contribution < 1.29 is 4.79 Å². The second-order valence-electron chi connectivity index (χ2n) is 10.9. The molecule has 0 heterocycles. The van der Waals surface area contributed by atoms with Crippen molar-refractivity contribution in [3.8, 4) is 0 Å². The number of hydrogen-bond acceptors (Lipinski definition) is 1. The van der Waals surface area contributed by atoms with Gasteiger partial charge in [-0.2, -0.15) is 0 Å². The molecule has 0 radical (unpaired) electrons. The van der Waals surface area contributed by atoms with Gasteiger partial charge in [0.05, 0.1) is 0 Å².